The van der Waals surface area contributed by atoms with Crippen molar-refractivity contribution in [2.24, 2.45) is 0 Å². The van der Waals surface area contributed by atoms with Crippen LogP contribution in [-0.4, -0.2) is 29.5 Å². The third-order valence-electron chi connectivity index (χ3n) is 4.20. The number of piperidine rings is 1. The third kappa shape index (κ3) is 3.14. The average molecular weight is 281 g/mol. The van der Waals surface area contributed by atoms with Crippen LogP contribution in [0.15, 0.2) is 29.1 Å². The van der Waals surface area contributed by atoms with E-state index in [2.05, 4.69) is 16.0 Å². The Hall–Kier alpha value is -2.12. The Balaban J connectivity index is 1.80. The van der Waals surface area contributed by atoms with Crippen LogP contribution in [0.3, 0.4) is 0 Å². The molecular weight excluding hydrogens is 262 g/mol. The van der Waals surface area contributed by atoms with Crippen LogP contribution in [0, 0.1) is 11.3 Å². The molecule has 1 N–H and O–H groups in total. The molecule has 0 atom stereocenters. The summed E-state index contributed by atoms with van der Waals surface area (Å²) in [5.41, 5.74) is 2.10. The molecule has 0 bridgehead atoms. The Morgan fingerprint density at radius 3 is 2.76 bits per heavy atom. The number of hydrogen-bond acceptors (Lipinski definition) is 3. The third-order valence-corrected chi connectivity index (χ3v) is 4.20. The maximum Gasteiger partial charge on any atom is 0.251 e. The van der Waals surface area contributed by atoms with Crippen LogP contribution < -0.4 is 5.56 Å². The molecule has 0 amide bonds. The highest BCUT2D eigenvalue weighted by molar-refractivity contribution is 5.80. The van der Waals surface area contributed by atoms with Crippen molar-refractivity contribution in [3.63, 3.8) is 0 Å². The highest BCUT2D eigenvalue weighted by Crippen LogP contribution is 2.14. The molecule has 4 nitrogen and oxygen atoms in total. The monoisotopic (exact) mass is 281 g/mol. The minimum atomic E-state index is -0.0328. The van der Waals surface area contributed by atoms with Gasteiger partial charge in [0, 0.05) is 17.6 Å². The number of benzene rings is 1. The second kappa shape index (κ2) is 6.11. The largest absolute Gasteiger partial charge is 0.322 e. The Labute approximate surface area is 124 Å². The summed E-state index contributed by atoms with van der Waals surface area (Å²) in [6.45, 7) is 3.25. The normalized spacial score (nSPS) is 16.0. The van der Waals surface area contributed by atoms with Crippen LogP contribution in [0.5, 0.6) is 0 Å². The zero-order chi connectivity index (χ0) is 14.7. The van der Waals surface area contributed by atoms with Crippen molar-refractivity contribution in [2.45, 2.75) is 25.7 Å². The fourth-order valence-electron chi connectivity index (χ4n) is 2.96. The Bertz CT molecular complexity index is 736. The maximum absolute atomic E-state index is 12.1. The average Bonchev–Trinajstić information content (AvgIpc) is 2.53. The van der Waals surface area contributed by atoms with Gasteiger partial charge in [-0.3, -0.25) is 4.79 Å². The highest BCUT2D eigenvalue weighted by Gasteiger charge is 2.11. The van der Waals surface area contributed by atoms with Crippen molar-refractivity contribution in [1.29, 1.82) is 5.26 Å². The van der Waals surface area contributed by atoms with Crippen LogP contribution in [0.2, 0.25) is 0 Å². The first-order valence-corrected chi connectivity index (χ1v) is 7.55. The number of nitrogens with zero attached hydrogens (tertiary/aromatic N) is 2. The molecule has 1 aliphatic heterocycles. The summed E-state index contributed by atoms with van der Waals surface area (Å²) in [4.78, 5) is 17.5. The number of nitrogens with one attached hydrogen (secondary N) is 1. The number of pyridine rings is 1. The fraction of sp³-hybridized carbons (Fsp3) is 0.412. The van der Waals surface area contributed by atoms with E-state index in [-0.39, 0.29) is 5.56 Å². The first-order chi connectivity index (χ1) is 10.3. The van der Waals surface area contributed by atoms with Crippen LogP contribution >= 0.6 is 0 Å². The standard InChI is InChI=1S/C17H19N3O/c18-12-13-4-5-14-11-15(17(21)19-16(14)10-13)6-9-20-7-2-1-3-8-20/h4-5,10-11H,1-3,6-9H2,(H,19,21). The van der Waals surface area contributed by atoms with Crippen molar-refractivity contribution >= 4 is 10.9 Å². The predicted octanol–water partition coefficient (Wildman–Crippen LogP) is 2.43. The molecule has 1 aliphatic rings. The summed E-state index contributed by atoms with van der Waals surface area (Å²) >= 11 is 0. The van der Waals surface area contributed by atoms with Gasteiger partial charge in [0.1, 0.15) is 0 Å². The summed E-state index contributed by atoms with van der Waals surface area (Å²) in [6.07, 6.45) is 4.65. The highest BCUT2D eigenvalue weighted by atomic mass is 16.1. The van der Waals surface area contributed by atoms with Gasteiger partial charge in [0.2, 0.25) is 0 Å². The van der Waals surface area contributed by atoms with E-state index in [9.17, 15) is 4.79 Å². The van der Waals surface area contributed by atoms with E-state index in [4.69, 9.17) is 5.26 Å². The lowest BCUT2D eigenvalue weighted by atomic mass is 10.1. The molecule has 0 radical (unpaired) electrons. The smallest absolute Gasteiger partial charge is 0.251 e. The Morgan fingerprint density at radius 2 is 2.00 bits per heavy atom. The summed E-state index contributed by atoms with van der Waals surface area (Å²) in [7, 11) is 0. The van der Waals surface area contributed by atoms with Crippen molar-refractivity contribution in [3.05, 3.63) is 45.7 Å². The molecule has 0 unspecified atom stereocenters. The minimum Gasteiger partial charge on any atom is -0.322 e. The van der Waals surface area contributed by atoms with Gasteiger partial charge in [0.05, 0.1) is 11.6 Å². The number of H-pyrrole nitrogens is 1. The lowest BCUT2D eigenvalue weighted by Crippen LogP contribution is -2.32. The molecule has 1 aromatic carbocycles. The van der Waals surface area contributed by atoms with Gasteiger partial charge in [0.25, 0.3) is 5.56 Å². The van der Waals surface area contributed by atoms with E-state index in [0.717, 1.165) is 42.5 Å². The number of rotatable bonds is 3. The van der Waals surface area contributed by atoms with Crippen LogP contribution in [0.1, 0.15) is 30.4 Å². The van der Waals surface area contributed by atoms with Crippen molar-refractivity contribution in [1.82, 2.24) is 9.88 Å². The number of likely N-dealkylation sites (tertiary alicyclic amines) is 1. The predicted molar refractivity (Wildman–Crippen MR) is 83.3 cm³/mol. The second-order valence-electron chi connectivity index (χ2n) is 5.69. The van der Waals surface area contributed by atoms with Crippen LogP contribution in [-0.2, 0) is 6.42 Å². The Kier molecular flexibility index (Phi) is 4.03. The number of aromatic amines is 1. The summed E-state index contributed by atoms with van der Waals surface area (Å²) in [5.74, 6) is 0. The molecule has 21 heavy (non-hydrogen) atoms. The first kappa shape index (κ1) is 13.8. The van der Waals surface area contributed by atoms with Gasteiger partial charge in [-0.05, 0) is 55.9 Å². The van der Waals surface area contributed by atoms with Crippen molar-refractivity contribution < 1.29 is 0 Å². The summed E-state index contributed by atoms with van der Waals surface area (Å²) < 4.78 is 0. The number of aromatic nitrogens is 1. The topological polar surface area (TPSA) is 59.9 Å². The molecule has 0 aliphatic carbocycles. The summed E-state index contributed by atoms with van der Waals surface area (Å²) in [6, 6.07) is 9.46. The molecule has 1 aromatic heterocycles. The first-order valence-electron chi connectivity index (χ1n) is 7.55. The number of nitriles is 1. The molecule has 3 rings (SSSR count). The van der Waals surface area contributed by atoms with Crippen LogP contribution in [0.25, 0.3) is 10.9 Å². The molecular formula is C17H19N3O. The molecule has 2 heterocycles. The minimum absolute atomic E-state index is 0.0328. The quantitative estimate of drug-likeness (QED) is 0.940. The summed E-state index contributed by atoms with van der Waals surface area (Å²) in [5, 5.41) is 9.89. The molecule has 0 spiro atoms. The van der Waals surface area contributed by atoms with Gasteiger partial charge in [-0.1, -0.05) is 12.5 Å². The molecule has 4 heteroatoms. The van der Waals surface area contributed by atoms with E-state index in [0.29, 0.717) is 5.56 Å². The SMILES string of the molecule is N#Cc1ccc2cc(CCN3CCCCC3)c(=O)[nH]c2c1. The molecule has 0 saturated carbocycles. The van der Waals surface area contributed by atoms with Crippen molar-refractivity contribution in [3.8, 4) is 6.07 Å². The lowest BCUT2D eigenvalue weighted by molar-refractivity contribution is 0.231. The molecule has 2 aromatic rings. The van der Waals surface area contributed by atoms with Gasteiger partial charge in [-0.15, -0.1) is 0 Å². The van der Waals surface area contributed by atoms with Crippen molar-refractivity contribution in [2.75, 3.05) is 19.6 Å². The van der Waals surface area contributed by atoms with E-state index < -0.39 is 0 Å². The zero-order valence-electron chi connectivity index (χ0n) is 12.1. The lowest BCUT2D eigenvalue weighted by Gasteiger charge is -2.26. The van der Waals surface area contributed by atoms with Gasteiger partial charge in [-0.2, -0.15) is 5.26 Å². The van der Waals surface area contributed by atoms with E-state index >= 15 is 0 Å². The molecule has 108 valence electrons. The second-order valence-corrected chi connectivity index (χ2v) is 5.69. The van der Waals surface area contributed by atoms with Gasteiger partial charge < -0.3 is 9.88 Å². The van der Waals surface area contributed by atoms with Gasteiger partial charge in [0.15, 0.2) is 0 Å². The maximum atomic E-state index is 12.1. The van der Waals surface area contributed by atoms with E-state index in [1.54, 1.807) is 12.1 Å². The van der Waals surface area contributed by atoms with Gasteiger partial charge >= 0.3 is 0 Å². The number of hydrogen-bond donors (Lipinski definition) is 1. The fourth-order valence-corrected chi connectivity index (χ4v) is 2.96. The number of fused-ring (bicyclic) bond motifs is 1. The molecule has 1 saturated heterocycles. The zero-order valence-corrected chi connectivity index (χ0v) is 12.1. The van der Waals surface area contributed by atoms with E-state index in [1.807, 2.05) is 12.1 Å². The van der Waals surface area contributed by atoms with Gasteiger partial charge in [-0.25, -0.2) is 0 Å². The van der Waals surface area contributed by atoms with E-state index in [1.165, 1.54) is 19.3 Å². The Morgan fingerprint density at radius 1 is 1.19 bits per heavy atom. The van der Waals surface area contributed by atoms with Crippen LogP contribution in [0.4, 0.5) is 0 Å². The molecule has 1 fully saturated rings.